The van der Waals surface area contributed by atoms with Crippen molar-refractivity contribution in [3.63, 3.8) is 0 Å². The van der Waals surface area contributed by atoms with Crippen molar-refractivity contribution in [2.75, 3.05) is 13.6 Å². The maximum Gasteiger partial charge on any atom is 0.159 e. The van der Waals surface area contributed by atoms with Gasteiger partial charge in [-0.1, -0.05) is 27.7 Å². The van der Waals surface area contributed by atoms with Gasteiger partial charge in [0, 0.05) is 12.0 Å². The smallest absolute Gasteiger partial charge is 0.159 e. The molecule has 2 heteroatoms. The second-order valence-electron chi connectivity index (χ2n) is 4.86. The third-order valence-electron chi connectivity index (χ3n) is 3.37. The molecule has 1 heterocycles. The molecule has 1 aliphatic heterocycles. The van der Waals surface area contributed by atoms with E-state index in [1.807, 2.05) is 20.9 Å². The second-order valence-corrected chi connectivity index (χ2v) is 4.86. The van der Waals surface area contributed by atoms with Gasteiger partial charge in [-0.15, -0.1) is 0 Å². The third kappa shape index (κ3) is 1.08. The van der Waals surface area contributed by atoms with E-state index < -0.39 is 6.30 Å². The zero-order valence-electron chi connectivity index (χ0n) is 8.11. The summed E-state index contributed by atoms with van der Waals surface area (Å²) in [5.41, 5.74) is -0.136. The lowest BCUT2D eigenvalue weighted by atomic mass is 9.70. The molecule has 0 saturated carbocycles. The maximum absolute atomic E-state index is 13.5. The number of rotatable bonds is 0. The monoisotopic (exact) mass is 159 g/mol. The summed E-state index contributed by atoms with van der Waals surface area (Å²) in [5, 5.41) is 0. The van der Waals surface area contributed by atoms with Crippen molar-refractivity contribution in [1.29, 1.82) is 0 Å². The van der Waals surface area contributed by atoms with Crippen LogP contribution in [-0.4, -0.2) is 24.8 Å². The fraction of sp³-hybridized carbons (Fsp3) is 1.00. The van der Waals surface area contributed by atoms with Gasteiger partial charge in [0.2, 0.25) is 0 Å². The fourth-order valence-electron chi connectivity index (χ4n) is 1.78. The highest BCUT2D eigenvalue weighted by molar-refractivity contribution is 4.98. The number of nitrogens with zero attached hydrogens (tertiary/aromatic N) is 1. The molecule has 0 aromatic heterocycles. The van der Waals surface area contributed by atoms with E-state index in [-0.39, 0.29) is 10.8 Å². The minimum absolute atomic E-state index is 0.0845. The van der Waals surface area contributed by atoms with Gasteiger partial charge in [-0.3, -0.25) is 4.90 Å². The normalized spacial score (nSPS) is 36.0. The van der Waals surface area contributed by atoms with Gasteiger partial charge in [0.15, 0.2) is 6.30 Å². The van der Waals surface area contributed by atoms with Crippen LogP contribution in [0.25, 0.3) is 0 Å². The summed E-state index contributed by atoms with van der Waals surface area (Å²) in [7, 11) is 1.85. The number of alkyl halides is 1. The first-order chi connectivity index (χ1) is 4.79. The van der Waals surface area contributed by atoms with Gasteiger partial charge in [-0.25, -0.2) is 4.39 Å². The van der Waals surface area contributed by atoms with Crippen LogP contribution in [-0.2, 0) is 0 Å². The lowest BCUT2D eigenvalue weighted by Gasteiger charge is -2.34. The van der Waals surface area contributed by atoms with E-state index in [0.717, 1.165) is 6.54 Å². The van der Waals surface area contributed by atoms with Gasteiger partial charge in [0.25, 0.3) is 0 Å². The molecule has 1 aliphatic rings. The first kappa shape index (κ1) is 8.98. The number of hydrogen-bond acceptors (Lipinski definition) is 1. The molecule has 0 aromatic carbocycles. The molecule has 0 radical (unpaired) electrons. The van der Waals surface area contributed by atoms with Gasteiger partial charge in [0.05, 0.1) is 0 Å². The lowest BCUT2D eigenvalue weighted by Crippen LogP contribution is -2.34. The van der Waals surface area contributed by atoms with E-state index in [1.54, 1.807) is 4.90 Å². The Morgan fingerprint density at radius 2 is 1.73 bits per heavy atom. The molecule has 11 heavy (non-hydrogen) atoms. The largest absolute Gasteiger partial charge is 0.276 e. The molecule has 1 unspecified atom stereocenters. The summed E-state index contributed by atoms with van der Waals surface area (Å²) >= 11 is 0. The van der Waals surface area contributed by atoms with Crippen molar-refractivity contribution in [1.82, 2.24) is 4.90 Å². The molecule has 66 valence electrons. The average molecular weight is 159 g/mol. The van der Waals surface area contributed by atoms with Crippen LogP contribution in [0.1, 0.15) is 27.7 Å². The van der Waals surface area contributed by atoms with Crippen LogP contribution in [0.5, 0.6) is 0 Å². The van der Waals surface area contributed by atoms with E-state index >= 15 is 0 Å². The van der Waals surface area contributed by atoms with Crippen molar-refractivity contribution < 1.29 is 4.39 Å². The van der Waals surface area contributed by atoms with Crippen LogP contribution in [0.3, 0.4) is 0 Å². The molecule has 0 aliphatic carbocycles. The zero-order valence-corrected chi connectivity index (χ0v) is 8.11. The average Bonchev–Trinajstić information content (AvgIpc) is 1.93. The van der Waals surface area contributed by atoms with Crippen LogP contribution in [0.4, 0.5) is 4.39 Å². The molecular formula is C9H18FN. The lowest BCUT2D eigenvalue weighted by molar-refractivity contribution is 0.0412. The molecule has 1 rings (SSSR count). The zero-order chi connectivity index (χ0) is 8.86. The Hall–Kier alpha value is -0.110. The molecule has 0 amide bonds. The molecule has 1 saturated heterocycles. The molecule has 0 bridgehead atoms. The van der Waals surface area contributed by atoms with Gasteiger partial charge in [-0.2, -0.15) is 0 Å². The van der Waals surface area contributed by atoms with E-state index in [0.29, 0.717) is 0 Å². The predicted molar refractivity (Wildman–Crippen MR) is 45.1 cm³/mol. The van der Waals surface area contributed by atoms with E-state index in [9.17, 15) is 4.39 Å². The van der Waals surface area contributed by atoms with Crippen molar-refractivity contribution in [2.45, 2.75) is 34.0 Å². The molecular weight excluding hydrogens is 141 g/mol. The van der Waals surface area contributed by atoms with E-state index in [4.69, 9.17) is 0 Å². The summed E-state index contributed by atoms with van der Waals surface area (Å²) in [6.45, 7) is 9.11. The topological polar surface area (TPSA) is 3.24 Å². The Kier molecular flexibility index (Phi) is 1.79. The molecule has 0 N–H and O–H groups in total. The summed E-state index contributed by atoms with van der Waals surface area (Å²) in [5.74, 6) is 0. The van der Waals surface area contributed by atoms with Crippen molar-refractivity contribution >= 4 is 0 Å². The second kappa shape index (κ2) is 2.19. The van der Waals surface area contributed by atoms with E-state index in [2.05, 4.69) is 13.8 Å². The predicted octanol–water partition coefficient (Wildman–Crippen LogP) is 2.28. The number of halogens is 1. The highest BCUT2D eigenvalue weighted by Gasteiger charge is 2.52. The van der Waals surface area contributed by atoms with Crippen LogP contribution in [0, 0.1) is 10.8 Å². The van der Waals surface area contributed by atoms with Crippen LogP contribution < -0.4 is 0 Å². The minimum Gasteiger partial charge on any atom is -0.276 e. The maximum atomic E-state index is 13.5. The molecule has 1 nitrogen and oxygen atoms in total. The summed E-state index contributed by atoms with van der Waals surface area (Å²) in [6.07, 6.45) is -0.794. The van der Waals surface area contributed by atoms with Gasteiger partial charge >= 0.3 is 0 Å². The van der Waals surface area contributed by atoms with Crippen LogP contribution in [0.2, 0.25) is 0 Å². The Bertz CT molecular complexity index is 163. The summed E-state index contributed by atoms with van der Waals surface area (Å²) in [6, 6.07) is 0. The minimum atomic E-state index is -0.794. The van der Waals surface area contributed by atoms with Gasteiger partial charge in [-0.05, 0) is 12.5 Å². The Morgan fingerprint density at radius 1 is 1.27 bits per heavy atom. The third-order valence-corrected chi connectivity index (χ3v) is 3.37. The molecule has 1 fully saturated rings. The molecule has 0 aromatic rings. The van der Waals surface area contributed by atoms with Crippen LogP contribution >= 0.6 is 0 Å². The highest BCUT2D eigenvalue weighted by Crippen LogP contribution is 2.49. The van der Waals surface area contributed by atoms with Gasteiger partial charge in [0.1, 0.15) is 0 Å². The molecule has 0 spiro atoms. The Labute approximate surface area is 68.6 Å². The summed E-state index contributed by atoms with van der Waals surface area (Å²) < 4.78 is 13.5. The quantitative estimate of drug-likeness (QED) is 0.490. The van der Waals surface area contributed by atoms with Crippen LogP contribution in [0.15, 0.2) is 0 Å². The van der Waals surface area contributed by atoms with Crippen molar-refractivity contribution in [3.05, 3.63) is 0 Å². The van der Waals surface area contributed by atoms with Crippen molar-refractivity contribution in [3.8, 4) is 0 Å². The summed E-state index contributed by atoms with van der Waals surface area (Å²) in [4.78, 5) is 1.79. The Balaban J connectivity index is 2.92. The van der Waals surface area contributed by atoms with E-state index in [1.165, 1.54) is 0 Å². The van der Waals surface area contributed by atoms with Crippen molar-refractivity contribution in [2.24, 2.45) is 10.8 Å². The Morgan fingerprint density at radius 3 is 1.82 bits per heavy atom. The number of hydrogen-bond donors (Lipinski definition) is 0. The fourth-order valence-corrected chi connectivity index (χ4v) is 1.78. The molecule has 1 atom stereocenters. The standard InChI is InChI=1S/C9H18FN/c1-8(2)6-11(5)7(10)9(8,3)4/h7H,6H2,1-5H3. The SMILES string of the molecule is CN1CC(C)(C)C(C)(C)C1F. The first-order valence-corrected chi connectivity index (χ1v) is 4.13. The van der Waals surface area contributed by atoms with Gasteiger partial charge < -0.3 is 0 Å². The number of likely N-dealkylation sites (tertiary alicyclic amines) is 1. The highest BCUT2D eigenvalue weighted by atomic mass is 19.1. The first-order valence-electron chi connectivity index (χ1n) is 4.13.